The summed E-state index contributed by atoms with van der Waals surface area (Å²) < 4.78 is 5.54. The van der Waals surface area contributed by atoms with Gasteiger partial charge in [-0.2, -0.15) is 0 Å². The average molecular weight is 207 g/mol. The maximum absolute atomic E-state index is 5.81. The molecule has 0 aromatic carbocycles. The Morgan fingerprint density at radius 1 is 1.60 bits per heavy atom. The van der Waals surface area contributed by atoms with Gasteiger partial charge in [0.05, 0.1) is 0 Å². The lowest BCUT2D eigenvalue weighted by Gasteiger charge is -2.12. The number of aryl methyl sites for hydroxylation is 1. The molecule has 1 aliphatic heterocycles. The summed E-state index contributed by atoms with van der Waals surface area (Å²) in [6.07, 6.45) is 4.04. The summed E-state index contributed by atoms with van der Waals surface area (Å²) in [5.74, 6) is 0.800. The summed E-state index contributed by atoms with van der Waals surface area (Å²) in [4.78, 5) is 8.79. The summed E-state index contributed by atoms with van der Waals surface area (Å²) in [6.45, 7) is 4.73. The van der Waals surface area contributed by atoms with E-state index in [4.69, 9.17) is 10.5 Å². The number of ether oxygens (including phenoxy) is 1. The van der Waals surface area contributed by atoms with Crippen molar-refractivity contribution >= 4 is 0 Å². The van der Waals surface area contributed by atoms with E-state index in [1.807, 2.05) is 20.0 Å². The van der Waals surface area contributed by atoms with Crippen molar-refractivity contribution in [2.45, 2.75) is 38.8 Å². The molecular weight excluding hydrogens is 190 g/mol. The van der Waals surface area contributed by atoms with Crippen LogP contribution >= 0.6 is 0 Å². The first-order valence-electron chi connectivity index (χ1n) is 5.39. The van der Waals surface area contributed by atoms with Crippen LogP contribution in [0.2, 0.25) is 0 Å². The predicted molar refractivity (Wildman–Crippen MR) is 57.3 cm³/mol. The maximum atomic E-state index is 5.81. The molecule has 2 heterocycles. The third-order valence-corrected chi connectivity index (χ3v) is 2.74. The Labute approximate surface area is 89.9 Å². The van der Waals surface area contributed by atoms with Crippen molar-refractivity contribution < 1.29 is 4.74 Å². The van der Waals surface area contributed by atoms with E-state index >= 15 is 0 Å². The molecule has 0 aliphatic carbocycles. The summed E-state index contributed by atoms with van der Waals surface area (Å²) in [6, 6.07) is -0.0106. The first kappa shape index (κ1) is 10.5. The molecule has 1 aromatic rings. The van der Waals surface area contributed by atoms with Gasteiger partial charge in [-0.15, -0.1) is 0 Å². The number of hydrogen-bond donors (Lipinski definition) is 1. The minimum atomic E-state index is -0.0106. The summed E-state index contributed by atoms with van der Waals surface area (Å²) in [7, 11) is 0. The van der Waals surface area contributed by atoms with E-state index in [1.165, 1.54) is 0 Å². The van der Waals surface area contributed by atoms with Crippen LogP contribution in [0.3, 0.4) is 0 Å². The number of aromatic nitrogens is 2. The van der Waals surface area contributed by atoms with Gasteiger partial charge in [0.2, 0.25) is 0 Å². The van der Waals surface area contributed by atoms with Crippen LogP contribution in [0.4, 0.5) is 0 Å². The molecule has 4 nitrogen and oxygen atoms in total. The van der Waals surface area contributed by atoms with Crippen molar-refractivity contribution in [1.29, 1.82) is 0 Å². The van der Waals surface area contributed by atoms with Gasteiger partial charge in [0, 0.05) is 30.1 Å². The Kier molecular flexibility index (Phi) is 2.98. The largest absolute Gasteiger partial charge is 0.370 e. The molecule has 0 spiro atoms. The van der Waals surface area contributed by atoms with E-state index < -0.39 is 0 Å². The molecule has 1 saturated heterocycles. The Morgan fingerprint density at radius 3 is 2.93 bits per heavy atom. The van der Waals surface area contributed by atoms with Gasteiger partial charge in [0.1, 0.15) is 6.10 Å². The highest BCUT2D eigenvalue weighted by Crippen LogP contribution is 2.26. The summed E-state index contributed by atoms with van der Waals surface area (Å²) >= 11 is 0. The Bertz CT molecular complexity index is 346. The number of rotatable bonds is 2. The maximum Gasteiger partial charge on any atom is 0.157 e. The Balaban J connectivity index is 2.24. The monoisotopic (exact) mass is 207 g/mol. The van der Waals surface area contributed by atoms with Crippen molar-refractivity contribution in [1.82, 2.24) is 9.97 Å². The van der Waals surface area contributed by atoms with E-state index in [9.17, 15) is 0 Å². The predicted octanol–water partition coefficient (Wildman–Crippen LogP) is 1.66. The lowest BCUT2D eigenvalue weighted by Crippen LogP contribution is -2.12. The van der Waals surface area contributed by atoms with Gasteiger partial charge < -0.3 is 10.5 Å². The van der Waals surface area contributed by atoms with Gasteiger partial charge in [-0.3, -0.25) is 0 Å². The molecule has 1 aliphatic rings. The highest BCUT2D eigenvalue weighted by atomic mass is 16.5. The molecule has 0 radical (unpaired) electrons. The number of nitrogens with two attached hydrogens (primary N) is 1. The second kappa shape index (κ2) is 4.24. The second-order valence-corrected chi connectivity index (χ2v) is 4.06. The van der Waals surface area contributed by atoms with Gasteiger partial charge in [-0.05, 0) is 26.7 Å². The van der Waals surface area contributed by atoms with Gasteiger partial charge in [0.15, 0.2) is 5.82 Å². The topological polar surface area (TPSA) is 61.0 Å². The molecule has 4 heteroatoms. The first-order valence-corrected chi connectivity index (χ1v) is 5.39. The molecule has 0 bridgehead atoms. The van der Waals surface area contributed by atoms with Crippen LogP contribution in [0.25, 0.3) is 0 Å². The van der Waals surface area contributed by atoms with Gasteiger partial charge in [-0.1, -0.05) is 0 Å². The minimum absolute atomic E-state index is 0.0106. The molecule has 2 unspecified atom stereocenters. The molecule has 0 amide bonds. The van der Waals surface area contributed by atoms with Crippen molar-refractivity contribution in [3.05, 3.63) is 23.3 Å². The smallest absolute Gasteiger partial charge is 0.157 e. The zero-order valence-electron chi connectivity index (χ0n) is 9.23. The molecule has 15 heavy (non-hydrogen) atoms. The lowest BCUT2D eigenvalue weighted by atomic mass is 10.1. The van der Waals surface area contributed by atoms with E-state index in [0.717, 1.165) is 36.5 Å². The van der Waals surface area contributed by atoms with Gasteiger partial charge >= 0.3 is 0 Å². The van der Waals surface area contributed by atoms with Crippen molar-refractivity contribution in [3.8, 4) is 0 Å². The first-order chi connectivity index (χ1) is 7.18. The van der Waals surface area contributed by atoms with Crippen LogP contribution in [0.1, 0.15) is 49.0 Å². The highest BCUT2D eigenvalue weighted by molar-refractivity contribution is 5.20. The third-order valence-electron chi connectivity index (χ3n) is 2.74. The van der Waals surface area contributed by atoms with Crippen LogP contribution in [0.15, 0.2) is 6.20 Å². The molecule has 1 aromatic heterocycles. The molecule has 2 atom stereocenters. The van der Waals surface area contributed by atoms with Crippen LogP contribution in [-0.2, 0) is 4.74 Å². The molecule has 2 rings (SSSR count). The van der Waals surface area contributed by atoms with Crippen molar-refractivity contribution in [3.63, 3.8) is 0 Å². The fourth-order valence-corrected chi connectivity index (χ4v) is 1.88. The van der Waals surface area contributed by atoms with Crippen molar-refractivity contribution in [2.75, 3.05) is 6.61 Å². The second-order valence-electron chi connectivity index (χ2n) is 4.06. The van der Waals surface area contributed by atoms with Crippen LogP contribution in [0, 0.1) is 6.92 Å². The highest BCUT2D eigenvalue weighted by Gasteiger charge is 2.21. The van der Waals surface area contributed by atoms with Gasteiger partial charge in [-0.25, -0.2) is 9.97 Å². The minimum Gasteiger partial charge on any atom is -0.370 e. The Morgan fingerprint density at radius 2 is 2.40 bits per heavy atom. The standard InChI is InChI=1S/C11H17N3O/c1-7(12)9-6-13-11(14-8(9)2)10-4-3-5-15-10/h6-7,10H,3-5,12H2,1-2H3. The normalized spacial score (nSPS) is 23.0. The molecule has 2 N–H and O–H groups in total. The summed E-state index contributed by atoms with van der Waals surface area (Å²) in [5.41, 5.74) is 7.78. The average Bonchev–Trinajstić information content (AvgIpc) is 2.69. The van der Waals surface area contributed by atoms with E-state index in [-0.39, 0.29) is 12.1 Å². The molecule has 0 saturated carbocycles. The SMILES string of the molecule is Cc1nc(C2CCCO2)ncc1C(C)N. The fraction of sp³-hybridized carbons (Fsp3) is 0.636. The fourth-order valence-electron chi connectivity index (χ4n) is 1.88. The zero-order chi connectivity index (χ0) is 10.8. The number of hydrogen-bond acceptors (Lipinski definition) is 4. The molecular formula is C11H17N3O. The van der Waals surface area contributed by atoms with Crippen LogP contribution in [-0.4, -0.2) is 16.6 Å². The molecule has 82 valence electrons. The van der Waals surface area contributed by atoms with E-state index in [1.54, 1.807) is 0 Å². The lowest BCUT2D eigenvalue weighted by molar-refractivity contribution is 0.105. The zero-order valence-corrected chi connectivity index (χ0v) is 9.23. The molecule has 1 fully saturated rings. The summed E-state index contributed by atoms with van der Waals surface area (Å²) in [5, 5.41) is 0. The van der Waals surface area contributed by atoms with Crippen LogP contribution < -0.4 is 5.73 Å². The van der Waals surface area contributed by atoms with E-state index in [0.29, 0.717) is 0 Å². The quantitative estimate of drug-likeness (QED) is 0.801. The Hall–Kier alpha value is -1.00. The number of nitrogens with zero attached hydrogens (tertiary/aromatic N) is 2. The third kappa shape index (κ3) is 2.16. The van der Waals surface area contributed by atoms with Crippen molar-refractivity contribution in [2.24, 2.45) is 5.73 Å². The van der Waals surface area contributed by atoms with Gasteiger partial charge in [0.25, 0.3) is 0 Å². The van der Waals surface area contributed by atoms with Crippen LogP contribution in [0.5, 0.6) is 0 Å². The van der Waals surface area contributed by atoms with E-state index in [2.05, 4.69) is 9.97 Å².